The average molecular weight is 295 g/mol. The third-order valence-corrected chi connectivity index (χ3v) is 3.51. The zero-order valence-corrected chi connectivity index (χ0v) is 12.5. The summed E-state index contributed by atoms with van der Waals surface area (Å²) in [4.78, 5) is 2.08. The fraction of sp³-hybridized carbons (Fsp3) is 0.200. The summed E-state index contributed by atoms with van der Waals surface area (Å²) in [6.07, 6.45) is 0. The van der Waals surface area contributed by atoms with Gasteiger partial charge in [-0.05, 0) is 43.7 Å². The van der Waals surface area contributed by atoms with Crippen LogP contribution >= 0.6 is 23.2 Å². The highest BCUT2D eigenvalue weighted by atomic mass is 35.5. The molecule has 0 aliphatic rings. The Morgan fingerprint density at radius 3 is 2.26 bits per heavy atom. The standard InChI is InChI=1S/C15H16Cl2N2/c1-3-19(12-6-4-5-10(2)7-12)15-13(16)8-11(18)9-14(15)17/h4-9H,3,18H2,1-2H3. The molecule has 0 saturated heterocycles. The van der Waals surface area contributed by atoms with Crippen LogP contribution < -0.4 is 10.6 Å². The van der Waals surface area contributed by atoms with E-state index in [1.807, 2.05) is 12.1 Å². The molecule has 0 saturated carbocycles. The third kappa shape index (κ3) is 2.96. The number of nitrogens with zero attached hydrogens (tertiary/aromatic N) is 1. The van der Waals surface area contributed by atoms with Crippen molar-refractivity contribution in [3.05, 3.63) is 52.0 Å². The number of rotatable bonds is 3. The van der Waals surface area contributed by atoms with E-state index in [4.69, 9.17) is 28.9 Å². The predicted octanol–water partition coefficient (Wildman–Crippen LogP) is 5.04. The molecule has 100 valence electrons. The Balaban J connectivity index is 2.54. The molecular weight excluding hydrogens is 279 g/mol. The van der Waals surface area contributed by atoms with Crippen LogP contribution in [0, 0.1) is 6.92 Å². The first-order valence-electron chi connectivity index (χ1n) is 6.11. The van der Waals surface area contributed by atoms with Gasteiger partial charge in [0.25, 0.3) is 0 Å². The second-order valence-corrected chi connectivity index (χ2v) is 5.23. The molecule has 0 radical (unpaired) electrons. The maximum Gasteiger partial charge on any atom is 0.0790 e. The first kappa shape index (κ1) is 14.0. The molecule has 2 aromatic carbocycles. The molecule has 0 amide bonds. The van der Waals surface area contributed by atoms with Crippen molar-refractivity contribution in [1.82, 2.24) is 0 Å². The van der Waals surface area contributed by atoms with Crippen LogP contribution in [0.25, 0.3) is 0 Å². The predicted molar refractivity (Wildman–Crippen MR) is 84.7 cm³/mol. The Labute approximate surface area is 123 Å². The van der Waals surface area contributed by atoms with E-state index in [1.165, 1.54) is 5.56 Å². The van der Waals surface area contributed by atoms with Crippen molar-refractivity contribution >= 4 is 40.3 Å². The van der Waals surface area contributed by atoms with Gasteiger partial charge >= 0.3 is 0 Å². The normalized spacial score (nSPS) is 10.5. The van der Waals surface area contributed by atoms with Gasteiger partial charge in [0, 0.05) is 17.9 Å². The largest absolute Gasteiger partial charge is 0.399 e. The number of nitrogen functional groups attached to an aromatic ring is 1. The fourth-order valence-corrected chi connectivity index (χ4v) is 2.82. The van der Waals surface area contributed by atoms with Crippen molar-refractivity contribution < 1.29 is 0 Å². The summed E-state index contributed by atoms with van der Waals surface area (Å²) >= 11 is 12.6. The van der Waals surface area contributed by atoms with Gasteiger partial charge in [0.1, 0.15) is 0 Å². The molecule has 4 heteroatoms. The lowest BCUT2D eigenvalue weighted by molar-refractivity contribution is 1.02. The number of halogens is 2. The van der Waals surface area contributed by atoms with Gasteiger partial charge in [0.2, 0.25) is 0 Å². The van der Waals surface area contributed by atoms with Crippen LogP contribution in [0.3, 0.4) is 0 Å². The summed E-state index contributed by atoms with van der Waals surface area (Å²) in [7, 11) is 0. The van der Waals surface area contributed by atoms with Gasteiger partial charge in [-0.15, -0.1) is 0 Å². The Hall–Kier alpha value is -1.38. The second kappa shape index (κ2) is 5.72. The maximum absolute atomic E-state index is 6.29. The Kier molecular flexibility index (Phi) is 4.23. The minimum Gasteiger partial charge on any atom is -0.399 e. The molecule has 0 unspecified atom stereocenters. The number of anilines is 3. The summed E-state index contributed by atoms with van der Waals surface area (Å²) in [5.41, 5.74) is 9.37. The number of hydrogen-bond donors (Lipinski definition) is 1. The van der Waals surface area contributed by atoms with Gasteiger partial charge in [-0.3, -0.25) is 0 Å². The molecule has 19 heavy (non-hydrogen) atoms. The molecule has 2 aromatic rings. The van der Waals surface area contributed by atoms with Crippen LogP contribution in [0.2, 0.25) is 10.0 Å². The van der Waals surface area contributed by atoms with E-state index < -0.39 is 0 Å². The van der Waals surface area contributed by atoms with E-state index in [9.17, 15) is 0 Å². The fourth-order valence-electron chi connectivity index (χ4n) is 2.11. The zero-order chi connectivity index (χ0) is 14.0. The van der Waals surface area contributed by atoms with Crippen molar-refractivity contribution in [2.75, 3.05) is 17.2 Å². The quantitative estimate of drug-likeness (QED) is 0.803. The summed E-state index contributed by atoms with van der Waals surface area (Å²) in [6.45, 7) is 4.89. The smallest absolute Gasteiger partial charge is 0.0790 e. The summed E-state index contributed by atoms with van der Waals surface area (Å²) in [6, 6.07) is 11.7. The van der Waals surface area contributed by atoms with Crippen molar-refractivity contribution in [1.29, 1.82) is 0 Å². The molecule has 0 atom stereocenters. The van der Waals surface area contributed by atoms with Crippen molar-refractivity contribution in [2.45, 2.75) is 13.8 Å². The lowest BCUT2D eigenvalue weighted by Crippen LogP contribution is -2.17. The van der Waals surface area contributed by atoms with Crippen LogP contribution in [0.1, 0.15) is 12.5 Å². The van der Waals surface area contributed by atoms with E-state index in [2.05, 4.69) is 30.9 Å². The van der Waals surface area contributed by atoms with E-state index in [1.54, 1.807) is 12.1 Å². The number of nitrogens with two attached hydrogens (primary N) is 1. The molecule has 2 N–H and O–H groups in total. The Morgan fingerprint density at radius 1 is 1.11 bits per heavy atom. The molecule has 0 aromatic heterocycles. The molecule has 0 heterocycles. The molecule has 0 bridgehead atoms. The summed E-state index contributed by atoms with van der Waals surface area (Å²) < 4.78 is 0. The Morgan fingerprint density at radius 2 is 1.74 bits per heavy atom. The van der Waals surface area contributed by atoms with Crippen molar-refractivity contribution in [2.24, 2.45) is 0 Å². The first-order valence-corrected chi connectivity index (χ1v) is 6.87. The minimum atomic E-state index is 0.563. The molecule has 0 aliphatic heterocycles. The summed E-state index contributed by atoms with van der Waals surface area (Å²) in [5.74, 6) is 0. The lowest BCUT2D eigenvalue weighted by Gasteiger charge is -2.26. The van der Waals surface area contributed by atoms with Crippen LogP contribution in [-0.2, 0) is 0 Å². The van der Waals surface area contributed by atoms with Gasteiger partial charge in [-0.2, -0.15) is 0 Å². The second-order valence-electron chi connectivity index (χ2n) is 4.42. The van der Waals surface area contributed by atoms with E-state index >= 15 is 0 Å². The summed E-state index contributed by atoms with van der Waals surface area (Å²) in [5, 5.41) is 1.13. The van der Waals surface area contributed by atoms with Gasteiger partial charge in [-0.25, -0.2) is 0 Å². The lowest BCUT2D eigenvalue weighted by atomic mass is 10.2. The zero-order valence-electron chi connectivity index (χ0n) is 11.0. The van der Waals surface area contributed by atoms with E-state index in [-0.39, 0.29) is 0 Å². The monoisotopic (exact) mass is 294 g/mol. The molecule has 0 fully saturated rings. The van der Waals surface area contributed by atoms with E-state index in [0.717, 1.165) is 17.9 Å². The maximum atomic E-state index is 6.29. The van der Waals surface area contributed by atoms with E-state index in [0.29, 0.717) is 15.7 Å². The topological polar surface area (TPSA) is 29.3 Å². The molecule has 2 rings (SSSR count). The number of benzene rings is 2. The SMILES string of the molecule is CCN(c1cccc(C)c1)c1c(Cl)cc(N)cc1Cl. The highest BCUT2D eigenvalue weighted by Gasteiger charge is 2.15. The van der Waals surface area contributed by atoms with Crippen LogP contribution in [0.5, 0.6) is 0 Å². The number of hydrogen-bond acceptors (Lipinski definition) is 2. The van der Waals surface area contributed by atoms with Gasteiger partial charge in [-0.1, -0.05) is 35.3 Å². The first-order chi connectivity index (χ1) is 9.02. The van der Waals surface area contributed by atoms with Crippen LogP contribution in [0.15, 0.2) is 36.4 Å². The minimum absolute atomic E-state index is 0.563. The highest BCUT2D eigenvalue weighted by Crippen LogP contribution is 2.39. The third-order valence-electron chi connectivity index (χ3n) is 2.94. The molecule has 2 nitrogen and oxygen atoms in total. The highest BCUT2D eigenvalue weighted by molar-refractivity contribution is 6.39. The van der Waals surface area contributed by atoms with Crippen LogP contribution in [0.4, 0.5) is 17.1 Å². The van der Waals surface area contributed by atoms with Crippen LogP contribution in [-0.4, -0.2) is 6.54 Å². The number of aryl methyl sites for hydroxylation is 1. The van der Waals surface area contributed by atoms with Crippen molar-refractivity contribution in [3.63, 3.8) is 0 Å². The molecule has 0 spiro atoms. The van der Waals surface area contributed by atoms with Gasteiger partial charge in [0.05, 0.1) is 15.7 Å². The van der Waals surface area contributed by atoms with Gasteiger partial charge < -0.3 is 10.6 Å². The Bertz CT molecular complexity index is 573. The molecular formula is C15H16Cl2N2. The van der Waals surface area contributed by atoms with Gasteiger partial charge in [0.15, 0.2) is 0 Å². The van der Waals surface area contributed by atoms with Crippen molar-refractivity contribution in [3.8, 4) is 0 Å². The average Bonchev–Trinajstić information content (AvgIpc) is 2.33. The molecule has 0 aliphatic carbocycles.